The van der Waals surface area contributed by atoms with E-state index < -0.39 is 0 Å². The molecule has 2 heteroatoms. The quantitative estimate of drug-likeness (QED) is 0.531. The molecule has 0 unspecified atom stereocenters. The van der Waals surface area contributed by atoms with Gasteiger partial charge in [-0.05, 0) is 58.9 Å². The molecule has 0 saturated carbocycles. The number of rotatable bonds is 5. The van der Waals surface area contributed by atoms with Gasteiger partial charge < -0.3 is 9.84 Å². The van der Waals surface area contributed by atoms with Crippen molar-refractivity contribution < 1.29 is 9.84 Å². The number of allylic oxidation sites excluding steroid dienone is 1. The highest BCUT2D eigenvalue weighted by Gasteiger charge is 2.21. The van der Waals surface area contributed by atoms with Crippen LogP contribution in [0.3, 0.4) is 0 Å². The minimum absolute atomic E-state index is 0.0154. The van der Waals surface area contributed by atoms with E-state index in [9.17, 15) is 0 Å². The molecule has 0 radical (unpaired) electrons. The molecule has 3 aromatic carbocycles. The van der Waals surface area contributed by atoms with Crippen molar-refractivity contribution in [3.8, 4) is 28.0 Å². The molecule has 130 valence electrons. The van der Waals surface area contributed by atoms with Crippen LogP contribution in [0.15, 0.2) is 66.7 Å². The molecule has 0 bridgehead atoms. The molecule has 0 atom stereocenters. The van der Waals surface area contributed by atoms with E-state index in [0.29, 0.717) is 6.61 Å². The Morgan fingerprint density at radius 3 is 2.62 bits per heavy atom. The van der Waals surface area contributed by atoms with Crippen molar-refractivity contribution in [3.05, 3.63) is 83.4 Å². The Hall–Kier alpha value is -2.84. The first-order valence-corrected chi connectivity index (χ1v) is 9.02. The average Bonchev–Trinajstić information content (AvgIpc) is 3.06. The molecule has 0 aliphatic heterocycles. The van der Waals surface area contributed by atoms with Gasteiger partial charge in [0.25, 0.3) is 0 Å². The third-order valence-electron chi connectivity index (χ3n) is 4.87. The van der Waals surface area contributed by atoms with Gasteiger partial charge in [0.05, 0.1) is 6.61 Å². The second kappa shape index (κ2) is 7.19. The fourth-order valence-corrected chi connectivity index (χ4v) is 3.74. The SMILES string of the molecule is CC=Cc1cc(-c2cccc3c2Cc2ccccc2-3)ccc1OCCO. The molecule has 3 aromatic rings. The van der Waals surface area contributed by atoms with E-state index >= 15 is 0 Å². The second-order valence-corrected chi connectivity index (χ2v) is 6.49. The highest BCUT2D eigenvalue weighted by Crippen LogP contribution is 2.42. The van der Waals surface area contributed by atoms with Gasteiger partial charge in [-0.2, -0.15) is 0 Å². The maximum Gasteiger partial charge on any atom is 0.126 e. The molecule has 0 heterocycles. The van der Waals surface area contributed by atoms with Crippen LogP contribution in [0.4, 0.5) is 0 Å². The lowest BCUT2D eigenvalue weighted by atomic mass is 9.94. The van der Waals surface area contributed by atoms with Crippen molar-refractivity contribution in [1.82, 2.24) is 0 Å². The van der Waals surface area contributed by atoms with Gasteiger partial charge in [0.2, 0.25) is 0 Å². The van der Waals surface area contributed by atoms with Crippen molar-refractivity contribution >= 4 is 6.08 Å². The van der Waals surface area contributed by atoms with Gasteiger partial charge >= 0.3 is 0 Å². The van der Waals surface area contributed by atoms with Gasteiger partial charge in [-0.25, -0.2) is 0 Å². The van der Waals surface area contributed by atoms with Gasteiger partial charge in [0, 0.05) is 5.56 Å². The van der Waals surface area contributed by atoms with E-state index in [4.69, 9.17) is 9.84 Å². The van der Waals surface area contributed by atoms with E-state index in [-0.39, 0.29) is 6.61 Å². The predicted octanol–water partition coefficient (Wildman–Crippen LogP) is 5.33. The summed E-state index contributed by atoms with van der Waals surface area (Å²) in [6.45, 7) is 2.32. The molecule has 0 spiro atoms. The highest BCUT2D eigenvalue weighted by atomic mass is 16.5. The topological polar surface area (TPSA) is 29.5 Å². The molecule has 0 aromatic heterocycles. The zero-order chi connectivity index (χ0) is 17.9. The number of hydrogen-bond donors (Lipinski definition) is 1. The molecule has 1 N–H and O–H groups in total. The Morgan fingerprint density at radius 2 is 1.77 bits per heavy atom. The predicted molar refractivity (Wildman–Crippen MR) is 107 cm³/mol. The number of fused-ring (bicyclic) bond motifs is 3. The first kappa shape index (κ1) is 16.6. The van der Waals surface area contributed by atoms with Crippen LogP contribution in [-0.2, 0) is 6.42 Å². The fraction of sp³-hybridized carbons (Fsp3) is 0.167. The minimum atomic E-state index is 0.0154. The summed E-state index contributed by atoms with van der Waals surface area (Å²) in [5.41, 5.74) is 8.98. The maximum atomic E-state index is 9.03. The molecule has 0 saturated heterocycles. The van der Waals surface area contributed by atoms with E-state index in [1.165, 1.54) is 33.4 Å². The number of hydrogen-bond acceptors (Lipinski definition) is 2. The molecule has 2 nitrogen and oxygen atoms in total. The Balaban J connectivity index is 1.79. The lowest BCUT2D eigenvalue weighted by Crippen LogP contribution is -2.02. The van der Waals surface area contributed by atoms with E-state index in [1.54, 1.807) is 0 Å². The average molecular weight is 342 g/mol. The normalized spacial score (nSPS) is 12.2. The zero-order valence-corrected chi connectivity index (χ0v) is 14.9. The molecular formula is C24H22O2. The summed E-state index contributed by atoms with van der Waals surface area (Å²) in [5.74, 6) is 0.803. The monoisotopic (exact) mass is 342 g/mol. The molecule has 4 rings (SSSR count). The van der Waals surface area contributed by atoms with Crippen molar-refractivity contribution in [2.45, 2.75) is 13.3 Å². The Bertz CT molecular complexity index is 970. The van der Waals surface area contributed by atoms with Gasteiger partial charge in [0.15, 0.2) is 0 Å². The standard InChI is InChI=1S/C24H22O2/c1-2-6-19-15-18(11-12-24(19)26-14-13-25)21-9-5-10-22-20-8-4-3-7-17(20)16-23(21)22/h2-12,15,25H,13-14,16H2,1H3. The van der Waals surface area contributed by atoms with Gasteiger partial charge in [0.1, 0.15) is 12.4 Å². The Labute approximate surface area is 154 Å². The molecule has 0 fully saturated rings. The first-order chi connectivity index (χ1) is 12.8. The van der Waals surface area contributed by atoms with E-state index in [0.717, 1.165) is 17.7 Å². The summed E-state index contributed by atoms with van der Waals surface area (Å²) in [5, 5.41) is 9.03. The Kier molecular flexibility index (Phi) is 4.59. The zero-order valence-electron chi connectivity index (χ0n) is 14.9. The minimum Gasteiger partial charge on any atom is -0.491 e. The van der Waals surface area contributed by atoms with Gasteiger partial charge in [-0.3, -0.25) is 0 Å². The smallest absolute Gasteiger partial charge is 0.126 e. The van der Waals surface area contributed by atoms with Gasteiger partial charge in [-0.15, -0.1) is 0 Å². The van der Waals surface area contributed by atoms with Crippen LogP contribution >= 0.6 is 0 Å². The lowest BCUT2D eigenvalue weighted by molar-refractivity contribution is 0.201. The van der Waals surface area contributed by atoms with Crippen molar-refractivity contribution in [2.75, 3.05) is 13.2 Å². The number of benzene rings is 3. The third-order valence-corrected chi connectivity index (χ3v) is 4.87. The summed E-state index contributed by atoms with van der Waals surface area (Å²) < 4.78 is 5.67. The third kappa shape index (κ3) is 2.93. The summed E-state index contributed by atoms with van der Waals surface area (Å²) in [6.07, 6.45) is 5.04. The summed E-state index contributed by atoms with van der Waals surface area (Å²) >= 11 is 0. The maximum absolute atomic E-state index is 9.03. The van der Waals surface area contributed by atoms with Crippen molar-refractivity contribution in [1.29, 1.82) is 0 Å². The van der Waals surface area contributed by atoms with Crippen LogP contribution in [0, 0.1) is 0 Å². The number of aliphatic hydroxyl groups is 1. The number of ether oxygens (including phenoxy) is 1. The van der Waals surface area contributed by atoms with Crippen LogP contribution in [0.2, 0.25) is 0 Å². The van der Waals surface area contributed by atoms with Crippen LogP contribution in [0.1, 0.15) is 23.6 Å². The van der Waals surface area contributed by atoms with Crippen LogP contribution in [0.25, 0.3) is 28.3 Å². The van der Waals surface area contributed by atoms with Crippen LogP contribution < -0.4 is 4.74 Å². The summed E-state index contributed by atoms with van der Waals surface area (Å²) in [7, 11) is 0. The van der Waals surface area contributed by atoms with Gasteiger partial charge in [-0.1, -0.05) is 60.7 Å². The molecule has 1 aliphatic carbocycles. The van der Waals surface area contributed by atoms with Crippen molar-refractivity contribution in [3.63, 3.8) is 0 Å². The Morgan fingerprint density at radius 1 is 0.962 bits per heavy atom. The number of aliphatic hydroxyl groups excluding tert-OH is 1. The molecular weight excluding hydrogens is 320 g/mol. The molecule has 1 aliphatic rings. The van der Waals surface area contributed by atoms with E-state index in [2.05, 4.69) is 54.6 Å². The largest absolute Gasteiger partial charge is 0.491 e. The summed E-state index contributed by atoms with van der Waals surface area (Å²) in [6, 6.07) is 21.5. The lowest BCUT2D eigenvalue weighted by Gasteiger charge is -2.13. The molecule has 0 amide bonds. The summed E-state index contributed by atoms with van der Waals surface area (Å²) in [4.78, 5) is 0. The van der Waals surface area contributed by atoms with E-state index in [1.807, 2.05) is 25.1 Å². The highest BCUT2D eigenvalue weighted by molar-refractivity contribution is 5.85. The second-order valence-electron chi connectivity index (χ2n) is 6.49. The first-order valence-electron chi connectivity index (χ1n) is 9.02. The van der Waals surface area contributed by atoms with Crippen LogP contribution in [-0.4, -0.2) is 18.3 Å². The van der Waals surface area contributed by atoms with Crippen molar-refractivity contribution in [2.24, 2.45) is 0 Å². The molecule has 26 heavy (non-hydrogen) atoms. The fourth-order valence-electron chi connectivity index (χ4n) is 3.74. The van der Waals surface area contributed by atoms with Crippen LogP contribution in [0.5, 0.6) is 5.75 Å².